The van der Waals surface area contributed by atoms with Crippen LogP contribution in [0.25, 0.3) is 0 Å². The molecule has 0 spiro atoms. The molecule has 0 rings (SSSR count). The van der Waals surface area contributed by atoms with Crippen LogP contribution in [0.5, 0.6) is 0 Å². The number of carbonyl (C=O) groups excluding carboxylic acids is 2. The summed E-state index contributed by atoms with van der Waals surface area (Å²) in [5.41, 5.74) is 0. The number of ether oxygens (including phenoxy) is 1. The van der Waals surface area contributed by atoms with Crippen LogP contribution in [0.3, 0.4) is 0 Å². The summed E-state index contributed by atoms with van der Waals surface area (Å²) in [4.78, 5) is 26.0. The molecule has 0 aliphatic carbocycles. The van der Waals surface area contributed by atoms with Gasteiger partial charge in [0.1, 0.15) is 6.73 Å². The molecule has 0 aliphatic rings. The van der Waals surface area contributed by atoms with Gasteiger partial charge in [-0.3, -0.25) is 9.59 Å². The van der Waals surface area contributed by atoms with Gasteiger partial charge in [0.2, 0.25) is 11.8 Å². The first kappa shape index (κ1) is 18.0. The van der Waals surface area contributed by atoms with Gasteiger partial charge < -0.3 is 14.5 Å². The Labute approximate surface area is 120 Å². The molecule has 0 bridgehead atoms. The quantitative estimate of drug-likeness (QED) is 0.386. The van der Waals surface area contributed by atoms with Crippen molar-refractivity contribution in [3.05, 3.63) is 12.2 Å². The summed E-state index contributed by atoms with van der Waals surface area (Å²) in [6.45, 7) is 5.64. The second-order valence-corrected chi connectivity index (χ2v) is 5.49. The Bertz CT molecular complexity index is 319. The molecule has 5 nitrogen and oxygen atoms in total. The van der Waals surface area contributed by atoms with Gasteiger partial charge in [0.25, 0.3) is 0 Å². The van der Waals surface area contributed by atoms with Crippen molar-refractivity contribution in [1.29, 1.82) is 0 Å². The zero-order chi connectivity index (χ0) is 14.8. The van der Waals surface area contributed by atoms with Crippen LogP contribution in [-0.2, 0) is 14.3 Å². The van der Waals surface area contributed by atoms with Gasteiger partial charge in [-0.15, -0.1) is 11.8 Å². The van der Waals surface area contributed by atoms with E-state index >= 15 is 0 Å². The molecule has 6 heteroatoms. The molecular weight excluding hydrogens is 264 g/mol. The molecular formula is C13H24N2O3S. The third kappa shape index (κ3) is 7.89. The van der Waals surface area contributed by atoms with E-state index in [4.69, 9.17) is 4.74 Å². The molecule has 0 radical (unpaired) electrons. The van der Waals surface area contributed by atoms with E-state index in [1.807, 2.05) is 6.92 Å². The van der Waals surface area contributed by atoms with E-state index in [9.17, 15) is 9.59 Å². The first-order valence-corrected chi connectivity index (χ1v) is 7.37. The van der Waals surface area contributed by atoms with Crippen molar-refractivity contribution < 1.29 is 14.3 Å². The number of nitrogens with zero attached hydrogens (tertiary/aromatic N) is 2. The summed E-state index contributed by atoms with van der Waals surface area (Å²) in [7, 11) is 3.37. The van der Waals surface area contributed by atoms with E-state index in [-0.39, 0.29) is 24.6 Å². The van der Waals surface area contributed by atoms with Crippen LogP contribution in [0.4, 0.5) is 0 Å². The van der Waals surface area contributed by atoms with E-state index < -0.39 is 0 Å². The van der Waals surface area contributed by atoms with Gasteiger partial charge in [-0.05, 0) is 12.7 Å². The zero-order valence-electron chi connectivity index (χ0n) is 12.4. The molecule has 2 amide bonds. The summed E-state index contributed by atoms with van der Waals surface area (Å²) in [5, 5.41) is 0. The molecule has 0 aromatic rings. The van der Waals surface area contributed by atoms with E-state index in [1.54, 1.807) is 36.8 Å². The second kappa shape index (κ2) is 9.86. The number of thioether (sulfide) groups is 1. The summed E-state index contributed by atoms with van der Waals surface area (Å²) in [5.74, 6) is 1.37. The lowest BCUT2D eigenvalue weighted by molar-refractivity contribution is -0.135. The van der Waals surface area contributed by atoms with E-state index in [2.05, 4.69) is 6.92 Å². The maximum absolute atomic E-state index is 11.5. The summed E-state index contributed by atoms with van der Waals surface area (Å²) >= 11 is 1.66. The van der Waals surface area contributed by atoms with Crippen LogP contribution < -0.4 is 0 Å². The van der Waals surface area contributed by atoms with E-state index in [0.717, 1.165) is 5.75 Å². The Hall–Kier alpha value is -1.01. The molecule has 110 valence electrons. The fourth-order valence-electron chi connectivity index (χ4n) is 1.25. The van der Waals surface area contributed by atoms with Gasteiger partial charge in [-0.1, -0.05) is 13.0 Å². The number of hydrogen-bond donors (Lipinski definition) is 0. The highest BCUT2D eigenvalue weighted by molar-refractivity contribution is 7.99. The van der Waals surface area contributed by atoms with Crippen LogP contribution in [0.15, 0.2) is 12.2 Å². The highest BCUT2D eigenvalue weighted by atomic mass is 32.2. The highest BCUT2D eigenvalue weighted by Gasteiger charge is 2.14. The molecule has 0 heterocycles. The number of hydrogen-bond acceptors (Lipinski definition) is 4. The van der Waals surface area contributed by atoms with Gasteiger partial charge in [-0.2, -0.15) is 0 Å². The van der Waals surface area contributed by atoms with Crippen molar-refractivity contribution in [2.75, 3.05) is 32.5 Å². The largest absolute Gasteiger partial charge is 0.350 e. The van der Waals surface area contributed by atoms with Crippen molar-refractivity contribution in [3.63, 3.8) is 0 Å². The predicted octanol–water partition coefficient (Wildman–Crippen LogP) is 1.55. The molecule has 1 unspecified atom stereocenters. The topological polar surface area (TPSA) is 49.9 Å². The Morgan fingerprint density at radius 1 is 1.37 bits per heavy atom. The first-order chi connectivity index (χ1) is 8.90. The molecule has 0 fully saturated rings. The monoisotopic (exact) mass is 288 g/mol. The maximum atomic E-state index is 11.5. The minimum Gasteiger partial charge on any atom is -0.350 e. The molecule has 0 aliphatic heterocycles. The molecule has 0 aromatic heterocycles. The van der Waals surface area contributed by atoms with Crippen LogP contribution in [0, 0.1) is 0 Å². The van der Waals surface area contributed by atoms with Gasteiger partial charge in [0.05, 0.1) is 5.94 Å². The summed E-state index contributed by atoms with van der Waals surface area (Å²) in [6.07, 6.45) is 3.18. The van der Waals surface area contributed by atoms with Crippen molar-refractivity contribution in [2.24, 2.45) is 0 Å². The SMILES string of the molecule is CCSCOCN(C(C)=O)C(C)/C=C/C(=O)N(C)C. The standard InChI is InChI=1S/C13H24N2O3S/c1-6-19-10-18-9-15(12(3)16)11(2)7-8-13(17)14(4)5/h7-8,11H,6,9-10H2,1-5H3/b8-7+. The smallest absolute Gasteiger partial charge is 0.245 e. The third-order valence-electron chi connectivity index (χ3n) is 2.46. The second-order valence-electron chi connectivity index (χ2n) is 4.27. The van der Waals surface area contributed by atoms with Crippen LogP contribution in [0.1, 0.15) is 20.8 Å². The summed E-state index contributed by atoms with van der Waals surface area (Å²) < 4.78 is 5.41. The van der Waals surface area contributed by atoms with Gasteiger partial charge in [0.15, 0.2) is 0 Å². The number of rotatable bonds is 8. The van der Waals surface area contributed by atoms with E-state index in [0.29, 0.717) is 5.94 Å². The average molecular weight is 288 g/mol. The molecule has 19 heavy (non-hydrogen) atoms. The van der Waals surface area contributed by atoms with Crippen molar-refractivity contribution in [1.82, 2.24) is 9.80 Å². The van der Waals surface area contributed by atoms with Crippen molar-refractivity contribution >= 4 is 23.6 Å². The van der Waals surface area contributed by atoms with E-state index in [1.165, 1.54) is 17.9 Å². The normalized spacial score (nSPS) is 12.5. The van der Waals surface area contributed by atoms with Gasteiger partial charge in [0, 0.05) is 33.1 Å². The van der Waals surface area contributed by atoms with Crippen LogP contribution in [-0.4, -0.2) is 60.2 Å². The molecule has 0 N–H and O–H groups in total. The number of likely N-dealkylation sites (N-methyl/N-ethyl adjacent to an activating group) is 1. The Morgan fingerprint density at radius 3 is 2.47 bits per heavy atom. The lowest BCUT2D eigenvalue weighted by atomic mass is 10.2. The zero-order valence-corrected chi connectivity index (χ0v) is 13.2. The highest BCUT2D eigenvalue weighted by Crippen LogP contribution is 2.05. The van der Waals surface area contributed by atoms with Crippen LogP contribution >= 0.6 is 11.8 Å². The fourth-order valence-corrected chi connectivity index (χ4v) is 1.61. The molecule has 0 aromatic carbocycles. The van der Waals surface area contributed by atoms with Crippen LogP contribution in [0.2, 0.25) is 0 Å². The minimum absolute atomic E-state index is 0.0732. The number of amides is 2. The maximum Gasteiger partial charge on any atom is 0.245 e. The average Bonchev–Trinajstić information content (AvgIpc) is 2.34. The summed E-state index contributed by atoms with van der Waals surface area (Å²) in [6, 6.07) is -0.173. The fraction of sp³-hybridized carbons (Fsp3) is 0.692. The Morgan fingerprint density at radius 2 is 2.00 bits per heavy atom. The molecule has 0 saturated carbocycles. The first-order valence-electron chi connectivity index (χ1n) is 6.22. The van der Waals surface area contributed by atoms with Crippen molar-refractivity contribution in [2.45, 2.75) is 26.8 Å². The Kier molecular flexibility index (Phi) is 9.34. The Balaban J connectivity index is 4.37. The molecule has 1 atom stereocenters. The third-order valence-corrected chi connectivity index (χ3v) is 3.20. The minimum atomic E-state index is -0.173. The van der Waals surface area contributed by atoms with Gasteiger partial charge in [-0.25, -0.2) is 0 Å². The van der Waals surface area contributed by atoms with Crippen molar-refractivity contribution in [3.8, 4) is 0 Å². The number of carbonyl (C=O) groups is 2. The lowest BCUT2D eigenvalue weighted by Gasteiger charge is -2.25. The lowest BCUT2D eigenvalue weighted by Crippen LogP contribution is -2.38. The van der Waals surface area contributed by atoms with Gasteiger partial charge >= 0.3 is 0 Å². The predicted molar refractivity (Wildman–Crippen MR) is 78.8 cm³/mol. The molecule has 0 saturated heterocycles.